The van der Waals surface area contributed by atoms with Crippen LogP contribution < -0.4 is 5.32 Å². The van der Waals surface area contributed by atoms with Crippen molar-refractivity contribution in [3.8, 4) is 5.75 Å². The van der Waals surface area contributed by atoms with Gasteiger partial charge >= 0.3 is 0 Å². The third-order valence-electron chi connectivity index (χ3n) is 6.74. The van der Waals surface area contributed by atoms with E-state index in [1.54, 1.807) is 0 Å². The van der Waals surface area contributed by atoms with Crippen LogP contribution in [0.2, 0.25) is 0 Å². The number of phenolic OH excluding ortho intramolecular Hbond substituents is 1. The predicted octanol–water partition coefficient (Wildman–Crippen LogP) is 4.39. The first kappa shape index (κ1) is 24.1. The summed E-state index contributed by atoms with van der Waals surface area (Å²) in [6, 6.07) is 18.9. The third kappa shape index (κ3) is 5.73. The van der Waals surface area contributed by atoms with Gasteiger partial charge in [0.05, 0.1) is 11.0 Å². The standard InChI is InChI=1S/C27H33N3O4/c1-27(2,16-19-9-10-20-6-3-4-7-21(20)14-19)28-17-26(32)25-8-5-13-29(25)18-22-15-23(31)11-12-24(22)30(33)34/h3-4,6-7,9-12,14-15,25-26,28,31-32H,5,8,13,16-18H2,1-2H3/t25-,26-/m1/s1. The van der Waals surface area contributed by atoms with Crippen LogP contribution in [-0.2, 0) is 13.0 Å². The first-order chi connectivity index (χ1) is 16.2. The van der Waals surface area contributed by atoms with Crippen molar-refractivity contribution in [2.24, 2.45) is 0 Å². The van der Waals surface area contributed by atoms with Crippen LogP contribution in [-0.4, -0.2) is 50.8 Å². The molecular weight excluding hydrogens is 430 g/mol. The number of nitrogens with zero attached hydrogens (tertiary/aromatic N) is 2. The van der Waals surface area contributed by atoms with E-state index in [-0.39, 0.29) is 23.0 Å². The Kier molecular flexibility index (Phi) is 7.16. The summed E-state index contributed by atoms with van der Waals surface area (Å²) in [5.41, 5.74) is 1.49. The van der Waals surface area contributed by atoms with E-state index in [1.165, 1.54) is 34.5 Å². The van der Waals surface area contributed by atoms with Gasteiger partial charge in [-0.2, -0.15) is 0 Å². The van der Waals surface area contributed by atoms with E-state index in [2.05, 4.69) is 54.4 Å². The second kappa shape index (κ2) is 10.1. The highest BCUT2D eigenvalue weighted by atomic mass is 16.6. The Morgan fingerprint density at radius 2 is 1.91 bits per heavy atom. The summed E-state index contributed by atoms with van der Waals surface area (Å²) in [5, 5.41) is 38.2. The lowest BCUT2D eigenvalue weighted by molar-refractivity contribution is -0.385. The number of aliphatic hydroxyl groups excluding tert-OH is 1. The number of hydrogen-bond donors (Lipinski definition) is 3. The molecule has 1 aliphatic rings. The van der Waals surface area contributed by atoms with Gasteiger partial charge in [-0.05, 0) is 68.1 Å². The number of rotatable bonds is 9. The quantitative estimate of drug-likeness (QED) is 0.322. The molecule has 3 aromatic rings. The molecular formula is C27H33N3O4. The number of fused-ring (bicyclic) bond motifs is 1. The molecule has 0 radical (unpaired) electrons. The second-order valence-corrected chi connectivity index (χ2v) is 9.94. The summed E-state index contributed by atoms with van der Waals surface area (Å²) in [7, 11) is 0. The fraction of sp³-hybridized carbons (Fsp3) is 0.407. The molecule has 0 aliphatic carbocycles. The summed E-state index contributed by atoms with van der Waals surface area (Å²) in [5.74, 6) is 0.00834. The molecule has 3 N–H and O–H groups in total. The normalized spacial score (nSPS) is 17.8. The van der Waals surface area contributed by atoms with Crippen molar-refractivity contribution in [1.82, 2.24) is 10.2 Å². The summed E-state index contributed by atoms with van der Waals surface area (Å²) < 4.78 is 0. The monoisotopic (exact) mass is 463 g/mol. The number of hydrogen-bond acceptors (Lipinski definition) is 6. The number of nitrogens with one attached hydrogen (secondary N) is 1. The number of phenols is 1. The number of aliphatic hydroxyl groups is 1. The Balaban J connectivity index is 1.38. The van der Waals surface area contributed by atoms with E-state index in [0.717, 1.165) is 25.8 Å². The fourth-order valence-electron chi connectivity index (χ4n) is 5.02. The molecule has 0 bridgehead atoms. The van der Waals surface area contributed by atoms with Crippen LogP contribution in [0.4, 0.5) is 5.69 Å². The summed E-state index contributed by atoms with van der Waals surface area (Å²) in [6.07, 6.45) is 1.99. The Bertz CT molecular complexity index is 1160. The number of likely N-dealkylation sites (tertiary alicyclic amines) is 1. The van der Waals surface area contributed by atoms with Gasteiger partial charge in [0, 0.05) is 36.3 Å². The van der Waals surface area contributed by atoms with Crippen LogP contribution in [0.25, 0.3) is 10.8 Å². The van der Waals surface area contributed by atoms with Crippen molar-refractivity contribution in [1.29, 1.82) is 0 Å². The molecule has 2 atom stereocenters. The van der Waals surface area contributed by atoms with Crippen LogP contribution in [0.1, 0.15) is 37.8 Å². The van der Waals surface area contributed by atoms with Gasteiger partial charge in [-0.1, -0.05) is 42.5 Å². The fourth-order valence-corrected chi connectivity index (χ4v) is 5.02. The van der Waals surface area contributed by atoms with E-state index >= 15 is 0 Å². The molecule has 0 aromatic heterocycles. The Morgan fingerprint density at radius 1 is 1.15 bits per heavy atom. The van der Waals surface area contributed by atoms with E-state index in [1.807, 2.05) is 12.1 Å². The maximum Gasteiger partial charge on any atom is 0.274 e. The van der Waals surface area contributed by atoms with Gasteiger partial charge in [-0.25, -0.2) is 0 Å². The number of nitro groups is 1. The minimum atomic E-state index is -0.602. The first-order valence-corrected chi connectivity index (χ1v) is 11.8. The van der Waals surface area contributed by atoms with Gasteiger partial charge in [0.25, 0.3) is 5.69 Å². The number of β-amino-alcohol motifs (C(OH)–C–C–N with tert-alkyl or cyclic N) is 1. The summed E-state index contributed by atoms with van der Waals surface area (Å²) in [4.78, 5) is 13.1. The molecule has 180 valence electrons. The smallest absolute Gasteiger partial charge is 0.274 e. The van der Waals surface area contributed by atoms with Crippen molar-refractivity contribution < 1.29 is 15.1 Å². The van der Waals surface area contributed by atoms with E-state index in [0.29, 0.717) is 18.7 Å². The van der Waals surface area contributed by atoms with Gasteiger partial charge in [0.2, 0.25) is 0 Å². The minimum Gasteiger partial charge on any atom is -0.508 e. The largest absolute Gasteiger partial charge is 0.508 e. The molecule has 7 heteroatoms. The maximum absolute atomic E-state index is 11.4. The molecule has 0 amide bonds. The van der Waals surface area contributed by atoms with Crippen LogP contribution in [0, 0.1) is 10.1 Å². The van der Waals surface area contributed by atoms with Crippen molar-refractivity contribution in [3.63, 3.8) is 0 Å². The lowest BCUT2D eigenvalue weighted by atomic mass is 9.93. The van der Waals surface area contributed by atoms with Crippen LogP contribution in [0.5, 0.6) is 5.75 Å². The molecule has 1 aliphatic heterocycles. The lowest BCUT2D eigenvalue weighted by Crippen LogP contribution is -2.50. The highest BCUT2D eigenvalue weighted by Crippen LogP contribution is 2.29. The van der Waals surface area contributed by atoms with E-state index in [4.69, 9.17) is 0 Å². The van der Waals surface area contributed by atoms with Crippen LogP contribution in [0.3, 0.4) is 0 Å². The highest BCUT2D eigenvalue weighted by molar-refractivity contribution is 5.83. The molecule has 1 saturated heterocycles. The Hall–Kier alpha value is -3.00. The topological polar surface area (TPSA) is 98.9 Å². The number of benzene rings is 3. The van der Waals surface area contributed by atoms with E-state index < -0.39 is 11.0 Å². The summed E-state index contributed by atoms with van der Waals surface area (Å²) >= 11 is 0. The van der Waals surface area contributed by atoms with E-state index in [9.17, 15) is 20.3 Å². The van der Waals surface area contributed by atoms with Crippen molar-refractivity contribution in [2.75, 3.05) is 13.1 Å². The molecule has 0 unspecified atom stereocenters. The molecule has 1 heterocycles. The highest BCUT2D eigenvalue weighted by Gasteiger charge is 2.33. The zero-order chi connectivity index (χ0) is 24.3. The van der Waals surface area contributed by atoms with Crippen molar-refractivity contribution in [2.45, 2.75) is 57.3 Å². The molecule has 1 fully saturated rings. The number of nitro benzene ring substituents is 1. The SMILES string of the molecule is CC(C)(Cc1ccc2ccccc2c1)NC[C@@H](O)[C@H]1CCCN1Cc1cc(O)ccc1[N+](=O)[O-]. The van der Waals surface area contributed by atoms with Gasteiger partial charge in [-0.3, -0.25) is 15.0 Å². The molecule has 7 nitrogen and oxygen atoms in total. The maximum atomic E-state index is 11.4. The zero-order valence-corrected chi connectivity index (χ0v) is 19.8. The molecule has 4 rings (SSSR count). The molecule has 34 heavy (non-hydrogen) atoms. The third-order valence-corrected chi connectivity index (χ3v) is 6.74. The molecule has 3 aromatic carbocycles. The van der Waals surface area contributed by atoms with Crippen LogP contribution >= 0.6 is 0 Å². The minimum absolute atomic E-state index is 0.00687. The second-order valence-electron chi connectivity index (χ2n) is 9.94. The Morgan fingerprint density at radius 3 is 2.68 bits per heavy atom. The lowest BCUT2D eigenvalue weighted by Gasteiger charge is -2.32. The van der Waals surface area contributed by atoms with Crippen molar-refractivity contribution >= 4 is 16.5 Å². The predicted molar refractivity (Wildman–Crippen MR) is 134 cm³/mol. The number of aromatic hydroxyl groups is 1. The van der Waals surface area contributed by atoms with Gasteiger partial charge in [-0.15, -0.1) is 0 Å². The molecule has 0 spiro atoms. The Labute approximate surface area is 200 Å². The summed E-state index contributed by atoms with van der Waals surface area (Å²) in [6.45, 7) is 5.79. The van der Waals surface area contributed by atoms with Crippen LogP contribution in [0.15, 0.2) is 60.7 Å². The average molecular weight is 464 g/mol. The first-order valence-electron chi connectivity index (χ1n) is 11.8. The van der Waals surface area contributed by atoms with Crippen molar-refractivity contribution in [3.05, 3.63) is 81.9 Å². The molecule has 0 saturated carbocycles. The zero-order valence-electron chi connectivity index (χ0n) is 19.8. The van der Waals surface area contributed by atoms with Gasteiger partial charge in [0.15, 0.2) is 0 Å². The average Bonchev–Trinajstić information content (AvgIpc) is 3.25. The van der Waals surface area contributed by atoms with Gasteiger partial charge < -0.3 is 15.5 Å². The van der Waals surface area contributed by atoms with Gasteiger partial charge in [0.1, 0.15) is 5.75 Å².